The van der Waals surface area contributed by atoms with Crippen LogP contribution in [-0.4, -0.2) is 37.7 Å². The van der Waals surface area contributed by atoms with E-state index in [1.54, 1.807) is 0 Å². The van der Waals surface area contributed by atoms with Gasteiger partial charge in [0, 0.05) is 25.7 Å². The van der Waals surface area contributed by atoms with Gasteiger partial charge in [-0.25, -0.2) is 4.98 Å². The van der Waals surface area contributed by atoms with Crippen LogP contribution in [0.1, 0.15) is 26.3 Å². The van der Waals surface area contributed by atoms with Gasteiger partial charge in [0.15, 0.2) is 0 Å². The summed E-state index contributed by atoms with van der Waals surface area (Å²) in [5.74, 6) is 1.51. The second-order valence-electron chi connectivity index (χ2n) is 5.38. The molecule has 0 N–H and O–H groups in total. The summed E-state index contributed by atoms with van der Waals surface area (Å²) in [4.78, 5) is 6.57. The van der Waals surface area contributed by atoms with Gasteiger partial charge in [0.2, 0.25) is 0 Å². The molecule has 0 aliphatic rings. The molecule has 0 bridgehead atoms. The van der Waals surface area contributed by atoms with E-state index in [0.717, 1.165) is 12.4 Å². The highest BCUT2D eigenvalue weighted by molar-refractivity contribution is 6.17. The van der Waals surface area contributed by atoms with Crippen LogP contribution in [0, 0.1) is 0 Å². The Morgan fingerprint density at radius 1 is 1.28 bits per heavy atom. The third-order valence-corrected chi connectivity index (χ3v) is 2.95. The number of hydrogen-bond donors (Lipinski definition) is 0. The smallest absolute Gasteiger partial charge is 0.128 e. The van der Waals surface area contributed by atoms with Crippen LogP contribution in [-0.2, 0) is 10.2 Å². The van der Waals surface area contributed by atoms with E-state index in [1.807, 2.05) is 13.2 Å². The molecule has 0 aromatic carbocycles. The normalized spacial score (nSPS) is 11.6. The number of halogens is 1. The predicted molar refractivity (Wildman–Crippen MR) is 77.7 cm³/mol. The minimum absolute atomic E-state index is 0.146. The van der Waals surface area contributed by atoms with Crippen molar-refractivity contribution in [2.75, 3.05) is 37.6 Å². The molecule has 0 unspecified atom stereocenters. The Labute approximate surface area is 115 Å². The van der Waals surface area contributed by atoms with E-state index in [4.69, 9.17) is 16.3 Å². The highest BCUT2D eigenvalue weighted by Crippen LogP contribution is 2.22. The molecule has 0 spiro atoms. The van der Waals surface area contributed by atoms with Gasteiger partial charge in [0.05, 0.1) is 13.2 Å². The van der Waals surface area contributed by atoms with Gasteiger partial charge < -0.3 is 9.64 Å². The first-order valence-corrected chi connectivity index (χ1v) is 6.80. The maximum Gasteiger partial charge on any atom is 0.128 e. The molecule has 1 rings (SSSR count). The number of alkyl halides is 1. The first-order chi connectivity index (χ1) is 8.45. The molecular formula is C14H23ClN2O. The van der Waals surface area contributed by atoms with Gasteiger partial charge in [-0.15, -0.1) is 11.6 Å². The van der Waals surface area contributed by atoms with E-state index in [1.165, 1.54) is 5.56 Å². The summed E-state index contributed by atoms with van der Waals surface area (Å²) in [5.41, 5.74) is 1.39. The van der Waals surface area contributed by atoms with Gasteiger partial charge in [-0.2, -0.15) is 0 Å². The first-order valence-electron chi connectivity index (χ1n) is 6.26. The van der Waals surface area contributed by atoms with Crippen molar-refractivity contribution in [3.05, 3.63) is 23.9 Å². The van der Waals surface area contributed by atoms with Crippen LogP contribution in [0.15, 0.2) is 18.3 Å². The fourth-order valence-corrected chi connectivity index (χ4v) is 1.64. The number of nitrogens with zero attached hydrogens (tertiary/aromatic N) is 2. The molecule has 0 amide bonds. The zero-order valence-electron chi connectivity index (χ0n) is 11.7. The van der Waals surface area contributed by atoms with E-state index in [9.17, 15) is 0 Å². The Balaban J connectivity index is 2.51. The van der Waals surface area contributed by atoms with Gasteiger partial charge >= 0.3 is 0 Å². The van der Waals surface area contributed by atoms with Crippen LogP contribution in [0.25, 0.3) is 0 Å². The fraction of sp³-hybridized carbons (Fsp3) is 0.643. The second-order valence-corrected chi connectivity index (χ2v) is 5.76. The lowest BCUT2D eigenvalue weighted by atomic mass is 9.88. The summed E-state index contributed by atoms with van der Waals surface area (Å²) in [5, 5.41) is 0. The van der Waals surface area contributed by atoms with Crippen LogP contribution in [0.3, 0.4) is 0 Å². The third kappa shape index (κ3) is 4.83. The quantitative estimate of drug-likeness (QED) is 0.587. The molecule has 102 valence electrons. The van der Waals surface area contributed by atoms with Crippen molar-refractivity contribution < 1.29 is 4.74 Å². The summed E-state index contributed by atoms with van der Waals surface area (Å²) < 4.78 is 5.35. The van der Waals surface area contributed by atoms with Crippen LogP contribution in [0.4, 0.5) is 5.82 Å². The van der Waals surface area contributed by atoms with Crippen LogP contribution in [0.5, 0.6) is 0 Å². The van der Waals surface area contributed by atoms with Crippen molar-refractivity contribution in [2.24, 2.45) is 0 Å². The molecule has 3 nitrogen and oxygen atoms in total. The van der Waals surface area contributed by atoms with Crippen molar-refractivity contribution in [3.8, 4) is 0 Å². The Bertz CT molecular complexity index is 346. The number of rotatable bonds is 6. The Morgan fingerprint density at radius 3 is 2.50 bits per heavy atom. The minimum atomic E-state index is 0.146. The predicted octanol–water partition coefficient (Wildman–Crippen LogP) is 3.07. The van der Waals surface area contributed by atoms with Crippen LogP contribution < -0.4 is 4.90 Å². The fourth-order valence-electron chi connectivity index (χ4n) is 1.53. The largest absolute Gasteiger partial charge is 0.378 e. The van der Waals surface area contributed by atoms with Crippen LogP contribution in [0.2, 0.25) is 0 Å². The lowest BCUT2D eigenvalue weighted by molar-refractivity contribution is 0.156. The molecule has 0 aliphatic carbocycles. The highest BCUT2D eigenvalue weighted by atomic mass is 35.5. The zero-order chi connectivity index (χ0) is 13.6. The van der Waals surface area contributed by atoms with Crippen molar-refractivity contribution in [1.29, 1.82) is 0 Å². The monoisotopic (exact) mass is 270 g/mol. The van der Waals surface area contributed by atoms with E-state index >= 15 is 0 Å². The molecule has 18 heavy (non-hydrogen) atoms. The highest BCUT2D eigenvalue weighted by Gasteiger charge is 2.14. The number of pyridine rings is 1. The van der Waals surface area contributed by atoms with Gasteiger partial charge in [-0.1, -0.05) is 26.8 Å². The summed E-state index contributed by atoms with van der Waals surface area (Å²) in [6, 6.07) is 4.20. The summed E-state index contributed by atoms with van der Waals surface area (Å²) in [6.07, 6.45) is 1.95. The summed E-state index contributed by atoms with van der Waals surface area (Å²) in [6.45, 7) is 8.66. The molecule has 0 radical (unpaired) electrons. The van der Waals surface area contributed by atoms with Gasteiger partial charge in [-0.3, -0.25) is 0 Å². The van der Waals surface area contributed by atoms with Crippen molar-refractivity contribution >= 4 is 17.4 Å². The van der Waals surface area contributed by atoms with Crippen molar-refractivity contribution in [1.82, 2.24) is 4.98 Å². The molecule has 1 aromatic rings. The molecule has 1 aromatic heterocycles. The lowest BCUT2D eigenvalue weighted by Crippen LogP contribution is -2.24. The lowest BCUT2D eigenvalue weighted by Gasteiger charge is -2.21. The van der Waals surface area contributed by atoms with E-state index in [-0.39, 0.29) is 5.41 Å². The van der Waals surface area contributed by atoms with E-state index in [0.29, 0.717) is 19.1 Å². The molecule has 0 aliphatic heterocycles. The molecule has 0 saturated carbocycles. The molecule has 1 heterocycles. The van der Waals surface area contributed by atoms with Crippen molar-refractivity contribution in [3.63, 3.8) is 0 Å². The van der Waals surface area contributed by atoms with Crippen molar-refractivity contribution in [2.45, 2.75) is 26.2 Å². The van der Waals surface area contributed by atoms with Gasteiger partial charge in [0.25, 0.3) is 0 Å². The average molecular weight is 271 g/mol. The maximum atomic E-state index is 5.54. The standard InChI is InChI=1S/C14H23ClN2O/c1-14(2,3)12-5-6-13(16-11-12)17(4)8-10-18-9-7-15/h5-6,11H,7-10H2,1-4H3. The molecule has 0 fully saturated rings. The number of hydrogen-bond acceptors (Lipinski definition) is 3. The Morgan fingerprint density at radius 2 is 2.00 bits per heavy atom. The number of likely N-dealkylation sites (N-methyl/N-ethyl adjacent to an activating group) is 1. The zero-order valence-corrected chi connectivity index (χ0v) is 12.5. The summed E-state index contributed by atoms with van der Waals surface area (Å²) in [7, 11) is 2.02. The second kappa shape index (κ2) is 6.95. The average Bonchev–Trinajstić information content (AvgIpc) is 2.33. The maximum absolute atomic E-state index is 5.54. The minimum Gasteiger partial charge on any atom is -0.378 e. The van der Waals surface area contributed by atoms with Gasteiger partial charge in [0.1, 0.15) is 5.82 Å². The Kier molecular flexibility index (Phi) is 5.89. The Hall–Kier alpha value is -0.800. The topological polar surface area (TPSA) is 25.4 Å². The van der Waals surface area contributed by atoms with E-state index < -0.39 is 0 Å². The third-order valence-electron chi connectivity index (χ3n) is 2.80. The number of aromatic nitrogens is 1. The number of ether oxygens (including phenoxy) is 1. The van der Waals surface area contributed by atoms with Gasteiger partial charge in [-0.05, 0) is 17.0 Å². The first kappa shape index (κ1) is 15.3. The SMILES string of the molecule is CN(CCOCCCl)c1ccc(C(C)(C)C)cn1. The summed E-state index contributed by atoms with van der Waals surface area (Å²) >= 11 is 5.54. The van der Waals surface area contributed by atoms with Crippen LogP contribution >= 0.6 is 11.6 Å². The number of anilines is 1. The van der Waals surface area contributed by atoms with E-state index in [2.05, 4.69) is 42.8 Å². The molecule has 0 atom stereocenters. The molecular weight excluding hydrogens is 248 g/mol. The molecule has 0 saturated heterocycles. The molecule has 4 heteroatoms.